The standard InChI is InChI=1S/C13H14BrN3OS/c1-2-5-17-8-10(7-16-17)18-12-6-9(14)3-4-11(12)13(15)19/h3-4,6-8H,2,5H2,1H3,(H2,15,19). The van der Waals surface area contributed by atoms with E-state index in [0.29, 0.717) is 22.1 Å². The van der Waals surface area contributed by atoms with Gasteiger partial charge in [-0.15, -0.1) is 0 Å². The molecule has 6 heteroatoms. The minimum Gasteiger partial charge on any atom is -0.453 e. The average molecular weight is 340 g/mol. The lowest BCUT2D eigenvalue weighted by molar-refractivity contribution is 0.479. The lowest BCUT2D eigenvalue weighted by Crippen LogP contribution is -2.10. The van der Waals surface area contributed by atoms with E-state index in [-0.39, 0.29) is 0 Å². The number of halogens is 1. The highest BCUT2D eigenvalue weighted by Crippen LogP contribution is 2.28. The maximum absolute atomic E-state index is 5.80. The molecule has 0 aliphatic carbocycles. The summed E-state index contributed by atoms with van der Waals surface area (Å²) < 4.78 is 8.54. The van der Waals surface area contributed by atoms with Crippen molar-refractivity contribution in [1.82, 2.24) is 9.78 Å². The van der Waals surface area contributed by atoms with Crippen LogP contribution < -0.4 is 10.5 Å². The molecule has 0 radical (unpaired) electrons. The number of aryl methyl sites for hydroxylation is 1. The monoisotopic (exact) mass is 339 g/mol. The van der Waals surface area contributed by atoms with E-state index in [9.17, 15) is 0 Å². The van der Waals surface area contributed by atoms with Crippen molar-refractivity contribution in [1.29, 1.82) is 0 Å². The minimum atomic E-state index is 0.309. The van der Waals surface area contributed by atoms with Crippen LogP contribution in [0.2, 0.25) is 0 Å². The number of nitrogens with zero attached hydrogens (tertiary/aromatic N) is 2. The van der Waals surface area contributed by atoms with Gasteiger partial charge in [0.05, 0.1) is 18.0 Å². The number of rotatable bonds is 5. The van der Waals surface area contributed by atoms with Crippen LogP contribution in [0.5, 0.6) is 11.5 Å². The molecule has 0 unspecified atom stereocenters. The van der Waals surface area contributed by atoms with E-state index in [1.54, 1.807) is 6.20 Å². The van der Waals surface area contributed by atoms with Crippen LogP contribution in [0.25, 0.3) is 0 Å². The summed E-state index contributed by atoms with van der Waals surface area (Å²) in [6.45, 7) is 2.96. The average Bonchev–Trinajstić information content (AvgIpc) is 2.77. The second kappa shape index (κ2) is 6.16. The Kier molecular flexibility index (Phi) is 4.55. The maximum atomic E-state index is 5.80. The number of aromatic nitrogens is 2. The summed E-state index contributed by atoms with van der Waals surface area (Å²) in [5.74, 6) is 1.29. The lowest BCUT2D eigenvalue weighted by Gasteiger charge is -2.09. The number of hydrogen-bond acceptors (Lipinski definition) is 3. The molecule has 0 bridgehead atoms. The van der Waals surface area contributed by atoms with E-state index in [1.165, 1.54) is 0 Å². The molecule has 4 nitrogen and oxygen atoms in total. The first-order valence-electron chi connectivity index (χ1n) is 5.90. The first kappa shape index (κ1) is 14.0. The minimum absolute atomic E-state index is 0.309. The molecular weight excluding hydrogens is 326 g/mol. The van der Waals surface area contributed by atoms with Gasteiger partial charge in [0.25, 0.3) is 0 Å². The Morgan fingerprint density at radius 3 is 3.00 bits per heavy atom. The fourth-order valence-electron chi connectivity index (χ4n) is 1.66. The molecule has 0 aliphatic rings. The van der Waals surface area contributed by atoms with Crippen LogP contribution in [0.3, 0.4) is 0 Å². The van der Waals surface area contributed by atoms with Crippen LogP contribution in [0, 0.1) is 0 Å². The third kappa shape index (κ3) is 3.54. The van der Waals surface area contributed by atoms with Gasteiger partial charge >= 0.3 is 0 Å². The van der Waals surface area contributed by atoms with E-state index in [2.05, 4.69) is 28.0 Å². The fourth-order valence-corrected chi connectivity index (χ4v) is 2.17. The van der Waals surface area contributed by atoms with Crippen molar-refractivity contribution in [3.8, 4) is 11.5 Å². The van der Waals surface area contributed by atoms with Crippen molar-refractivity contribution in [3.05, 3.63) is 40.6 Å². The molecule has 100 valence electrons. The van der Waals surface area contributed by atoms with Crippen LogP contribution in [-0.2, 0) is 6.54 Å². The number of nitrogens with two attached hydrogens (primary N) is 1. The SMILES string of the molecule is CCCn1cc(Oc2cc(Br)ccc2C(N)=S)cn1. The van der Waals surface area contributed by atoms with Gasteiger partial charge in [0.2, 0.25) is 0 Å². The van der Waals surface area contributed by atoms with Crippen LogP contribution in [0.15, 0.2) is 35.1 Å². The van der Waals surface area contributed by atoms with Gasteiger partial charge in [-0.1, -0.05) is 35.1 Å². The first-order valence-corrected chi connectivity index (χ1v) is 7.10. The highest BCUT2D eigenvalue weighted by atomic mass is 79.9. The summed E-state index contributed by atoms with van der Waals surface area (Å²) in [5.41, 5.74) is 6.40. The predicted octanol–water partition coefficient (Wildman–Crippen LogP) is 3.48. The Balaban J connectivity index is 2.26. The summed E-state index contributed by atoms with van der Waals surface area (Å²) in [6.07, 6.45) is 4.56. The van der Waals surface area contributed by atoms with Crippen molar-refractivity contribution in [3.63, 3.8) is 0 Å². The highest BCUT2D eigenvalue weighted by Gasteiger charge is 2.09. The van der Waals surface area contributed by atoms with Crippen LogP contribution in [-0.4, -0.2) is 14.8 Å². The van der Waals surface area contributed by atoms with Gasteiger partial charge in [-0.3, -0.25) is 4.68 Å². The van der Waals surface area contributed by atoms with Crippen LogP contribution in [0.4, 0.5) is 0 Å². The molecule has 0 aliphatic heterocycles. The van der Waals surface area contributed by atoms with Crippen LogP contribution in [0.1, 0.15) is 18.9 Å². The van der Waals surface area contributed by atoms with E-state index in [0.717, 1.165) is 17.4 Å². The molecule has 2 N–H and O–H groups in total. The number of hydrogen-bond donors (Lipinski definition) is 1. The van der Waals surface area contributed by atoms with Crippen molar-refractivity contribution in [2.75, 3.05) is 0 Å². The molecule has 0 atom stereocenters. The van der Waals surface area contributed by atoms with Gasteiger partial charge < -0.3 is 10.5 Å². The van der Waals surface area contributed by atoms with Crippen molar-refractivity contribution < 1.29 is 4.74 Å². The van der Waals surface area contributed by atoms with Gasteiger partial charge in [-0.2, -0.15) is 5.10 Å². The summed E-state index contributed by atoms with van der Waals surface area (Å²) in [6, 6.07) is 5.55. The third-order valence-corrected chi connectivity index (χ3v) is 3.21. The second-order valence-electron chi connectivity index (χ2n) is 4.05. The molecule has 0 fully saturated rings. The molecular formula is C13H14BrN3OS. The summed E-state index contributed by atoms with van der Waals surface area (Å²) in [5, 5.41) is 4.21. The molecule has 2 aromatic rings. The highest BCUT2D eigenvalue weighted by molar-refractivity contribution is 9.10. The quantitative estimate of drug-likeness (QED) is 0.847. The zero-order valence-corrected chi connectivity index (χ0v) is 12.9. The molecule has 1 heterocycles. The zero-order valence-electron chi connectivity index (χ0n) is 10.5. The fraction of sp³-hybridized carbons (Fsp3) is 0.231. The largest absolute Gasteiger partial charge is 0.453 e. The summed E-state index contributed by atoms with van der Waals surface area (Å²) >= 11 is 8.42. The number of ether oxygens (including phenoxy) is 1. The van der Waals surface area contributed by atoms with Crippen molar-refractivity contribution in [2.24, 2.45) is 5.73 Å². The van der Waals surface area contributed by atoms with E-state index >= 15 is 0 Å². The lowest BCUT2D eigenvalue weighted by atomic mass is 10.2. The van der Waals surface area contributed by atoms with E-state index in [1.807, 2.05) is 29.1 Å². The molecule has 0 spiro atoms. The summed E-state index contributed by atoms with van der Waals surface area (Å²) in [7, 11) is 0. The molecule has 0 amide bonds. The van der Waals surface area contributed by atoms with Gasteiger partial charge in [0.1, 0.15) is 10.7 Å². The molecule has 0 saturated heterocycles. The van der Waals surface area contributed by atoms with Gasteiger partial charge in [-0.05, 0) is 24.6 Å². The Morgan fingerprint density at radius 2 is 2.32 bits per heavy atom. The Morgan fingerprint density at radius 1 is 1.53 bits per heavy atom. The third-order valence-electron chi connectivity index (χ3n) is 2.50. The zero-order chi connectivity index (χ0) is 13.8. The summed E-state index contributed by atoms with van der Waals surface area (Å²) in [4.78, 5) is 0.309. The van der Waals surface area contributed by atoms with Crippen molar-refractivity contribution in [2.45, 2.75) is 19.9 Å². The number of benzene rings is 1. The first-order chi connectivity index (χ1) is 9.10. The van der Waals surface area contributed by atoms with Gasteiger partial charge in [0, 0.05) is 11.0 Å². The Hall–Kier alpha value is -1.40. The molecule has 0 saturated carbocycles. The smallest absolute Gasteiger partial charge is 0.165 e. The molecule has 19 heavy (non-hydrogen) atoms. The normalized spacial score (nSPS) is 10.4. The van der Waals surface area contributed by atoms with Gasteiger partial charge in [-0.25, -0.2) is 0 Å². The molecule has 1 aromatic carbocycles. The van der Waals surface area contributed by atoms with Crippen LogP contribution >= 0.6 is 28.1 Å². The van der Waals surface area contributed by atoms with Crippen molar-refractivity contribution >= 4 is 33.1 Å². The maximum Gasteiger partial charge on any atom is 0.165 e. The molecule has 1 aromatic heterocycles. The Labute approximate surface area is 125 Å². The van der Waals surface area contributed by atoms with E-state index < -0.39 is 0 Å². The molecule has 2 rings (SSSR count). The second-order valence-corrected chi connectivity index (χ2v) is 5.40. The number of thiocarbonyl (C=S) groups is 1. The predicted molar refractivity (Wildman–Crippen MR) is 82.6 cm³/mol. The van der Waals surface area contributed by atoms with E-state index in [4.69, 9.17) is 22.7 Å². The van der Waals surface area contributed by atoms with Gasteiger partial charge in [0.15, 0.2) is 5.75 Å². The Bertz CT molecular complexity index is 597. The topological polar surface area (TPSA) is 53.1 Å².